The first kappa shape index (κ1) is 12.5. The van der Waals surface area contributed by atoms with Gasteiger partial charge >= 0.3 is 6.03 Å². The second-order valence-electron chi connectivity index (χ2n) is 3.74. The van der Waals surface area contributed by atoms with Gasteiger partial charge in [-0.3, -0.25) is 5.10 Å². The predicted octanol–water partition coefficient (Wildman–Crippen LogP) is 1.58. The fourth-order valence-corrected chi connectivity index (χ4v) is 1.62. The number of aryl methyl sites for hydroxylation is 2. The summed E-state index contributed by atoms with van der Waals surface area (Å²) in [5.74, 6) is 0. The molecule has 1 aromatic heterocycles. The lowest BCUT2D eigenvalue weighted by molar-refractivity contribution is 0.203. The van der Waals surface area contributed by atoms with Crippen molar-refractivity contribution >= 4 is 6.03 Å². The van der Waals surface area contributed by atoms with Crippen molar-refractivity contribution in [2.24, 2.45) is 0 Å². The average Bonchev–Trinajstić information content (AvgIpc) is 2.58. The summed E-state index contributed by atoms with van der Waals surface area (Å²) < 4.78 is 0. The molecular formula is C11H20N4O. The van der Waals surface area contributed by atoms with E-state index in [1.807, 2.05) is 27.7 Å². The number of nitrogens with zero attached hydrogens (tertiary/aromatic N) is 2. The third-order valence-corrected chi connectivity index (χ3v) is 2.75. The number of rotatable bonds is 4. The van der Waals surface area contributed by atoms with Crippen molar-refractivity contribution in [3.63, 3.8) is 0 Å². The molecule has 0 saturated carbocycles. The molecule has 0 unspecified atom stereocenters. The van der Waals surface area contributed by atoms with E-state index in [-0.39, 0.29) is 6.03 Å². The van der Waals surface area contributed by atoms with Crippen molar-refractivity contribution in [1.82, 2.24) is 20.4 Å². The highest BCUT2D eigenvalue weighted by Crippen LogP contribution is 2.08. The fraction of sp³-hybridized carbons (Fsp3) is 0.636. The Morgan fingerprint density at radius 3 is 2.44 bits per heavy atom. The lowest BCUT2D eigenvalue weighted by Crippen LogP contribution is -2.39. The van der Waals surface area contributed by atoms with Crippen molar-refractivity contribution in [1.29, 1.82) is 0 Å². The molecule has 2 amide bonds. The number of urea groups is 1. The molecule has 0 aliphatic rings. The summed E-state index contributed by atoms with van der Waals surface area (Å²) in [4.78, 5) is 13.5. The number of carbonyl (C=O) groups excluding carboxylic acids is 1. The van der Waals surface area contributed by atoms with Gasteiger partial charge in [-0.25, -0.2) is 4.79 Å². The first-order valence-electron chi connectivity index (χ1n) is 5.63. The molecule has 16 heavy (non-hydrogen) atoms. The monoisotopic (exact) mass is 224 g/mol. The van der Waals surface area contributed by atoms with Gasteiger partial charge in [-0.1, -0.05) is 0 Å². The molecule has 0 atom stereocenters. The molecule has 0 bridgehead atoms. The molecule has 0 saturated heterocycles. The third kappa shape index (κ3) is 2.74. The van der Waals surface area contributed by atoms with Crippen molar-refractivity contribution in [2.75, 3.05) is 13.1 Å². The minimum atomic E-state index is -0.0231. The highest BCUT2D eigenvalue weighted by Gasteiger charge is 2.11. The van der Waals surface area contributed by atoms with Crippen molar-refractivity contribution in [2.45, 2.75) is 34.2 Å². The van der Waals surface area contributed by atoms with E-state index in [0.717, 1.165) is 30.0 Å². The molecule has 1 aromatic rings. The van der Waals surface area contributed by atoms with Crippen LogP contribution in [0.3, 0.4) is 0 Å². The summed E-state index contributed by atoms with van der Waals surface area (Å²) in [6.07, 6.45) is 0. The molecule has 1 heterocycles. The highest BCUT2D eigenvalue weighted by atomic mass is 16.2. The van der Waals surface area contributed by atoms with E-state index >= 15 is 0 Å². The van der Waals surface area contributed by atoms with E-state index in [2.05, 4.69) is 15.5 Å². The van der Waals surface area contributed by atoms with Crippen LogP contribution in [0.1, 0.15) is 30.8 Å². The molecule has 5 heteroatoms. The zero-order chi connectivity index (χ0) is 12.1. The largest absolute Gasteiger partial charge is 0.334 e. The zero-order valence-electron chi connectivity index (χ0n) is 10.4. The van der Waals surface area contributed by atoms with Gasteiger partial charge in [0.25, 0.3) is 0 Å². The summed E-state index contributed by atoms with van der Waals surface area (Å²) in [5, 5.41) is 9.89. The summed E-state index contributed by atoms with van der Waals surface area (Å²) in [6, 6.07) is -0.0231. The van der Waals surface area contributed by atoms with Crippen molar-refractivity contribution in [3.05, 3.63) is 17.0 Å². The first-order chi connectivity index (χ1) is 7.60. The van der Waals surface area contributed by atoms with Crippen LogP contribution in [0.5, 0.6) is 0 Å². The molecule has 0 radical (unpaired) electrons. The van der Waals surface area contributed by atoms with Crippen LogP contribution in [-0.4, -0.2) is 34.2 Å². The molecule has 1 rings (SSSR count). The van der Waals surface area contributed by atoms with E-state index < -0.39 is 0 Å². The van der Waals surface area contributed by atoms with Crippen LogP contribution in [0.15, 0.2) is 0 Å². The van der Waals surface area contributed by atoms with E-state index in [1.54, 1.807) is 4.90 Å². The number of aromatic nitrogens is 2. The number of nitrogens with one attached hydrogen (secondary N) is 2. The molecule has 0 fully saturated rings. The smallest absolute Gasteiger partial charge is 0.317 e. The molecular weight excluding hydrogens is 204 g/mol. The zero-order valence-corrected chi connectivity index (χ0v) is 10.4. The first-order valence-corrected chi connectivity index (χ1v) is 5.63. The Balaban J connectivity index is 2.55. The van der Waals surface area contributed by atoms with Crippen LogP contribution in [0.25, 0.3) is 0 Å². The Labute approximate surface area is 96.2 Å². The van der Waals surface area contributed by atoms with Crippen LogP contribution in [0, 0.1) is 13.8 Å². The maximum absolute atomic E-state index is 11.7. The summed E-state index contributed by atoms with van der Waals surface area (Å²) >= 11 is 0. The molecule has 2 N–H and O–H groups in total. The molecule has 5 nitrogen and oxygen atoms in total. The van der Waals surface area contributed by atoms with Gasteiger partial charge in [0.05, 0.1) is 5.69 Å². The van der Waals surface area contributed by atoms with Crippen LogP contribution >= 0.6 is 0 Å². The Bertz CT molecular complexity index is 335. The number of carbonyl (C=O) groups is 1. The third-order valence-electron chi connectivity index (χ3n) is 2.75. The maximum Gasteiger partial charge on any atom is 0.317 e. The van der Waals surface area contributed by atoms with Gasteiger partial charge in [0, 0.05) is 30.9 Å². The Kier molecular flexibility index (Phi) is 4.34. The molecule has 0 spiro atoms. The lowest BCUT2D eigenvalue weighted by Gasteiger charge is -2.19. The minimum absolute atomic E-state index is 0.0231. The predicted molar refractivity (Wildman–Crippen MR) is 63.2 cm³/mol. The molecule has 0 aromatic carbocycles. The average molecular weight is 224 g/mol. The topological polar surface area (TPSA) is 61.0 Å². The lowest BCUT2D eigenvalue weighted by atomic mass is 10.2. The van der Waals surface area contributed by atoms with Crippen molar-refractivity contribution < 1.29 is 4.79 Å². The minimum Gasteiger partial charge on any atom is -0.334 e. The van der Waals surface area contributed by atoms with Crippen molar-refractivity contribution in [3.8, 4) is 0 Å². The molecule has 0 aliphatic carbocycles. The normalized spacial score (nSPS) is 10.2. The highest BCUT2D eigenvalue weighted by molar-refractivity contribution is 5.74. The number of hydrogen-bond acceptors (Lipinski definition) is 2. The van der Waals surface area contributed by atoms with E-state index in [4.69, 9.17) is 0 Å². The van der Waals surface area contributed by atoms with Crippen LogP contribution in [0.4, 0.5) is 4.79 Å². The van der Waals surface area contributed by atoms with Gasteiger partial charge in [0.15, 0.2) is 0 Å². The van der Waals surface area contributed by atoms with Gasteiger partial charge in [-0.2, -0.15) is 5.10 Å². The molecule has 0 aliphatic heterocycles. The SMILES string of the molecule is CCN(CC)C(=O)NCc1c(C)n[nH]c1C. The number of amides is 2. The van der Waals surface area contributed by atoms with Crippen LogP contribution < -0.4 is 5.32 Å². The van der Waals surface area contributed by atoms with E-state index in [0.29, 0.717) is 6.54 Å². The Hall–Kier alpha value is -1.52. The maximum atomic E-state index is 11.7. The van der Waals surface area contributed by atoms with Crippen LogP contribution in [0.2, 0.25) is 0 Å². The van der Waals surface area contributed by atoms with Gasteiger partial charge in [-0.05, 0) is 27.7 Å². The number of H-pyrrole nitrogens is 1. The van der Waals surface area contributed by atoms with E-state index in [1.165, 1.54) is 0 Å². The van der Waals surface area contributed by atoms with E-state index in [9.17, 15) is 4.79 Å². The van der Waals surface area contributed by atoms with Gasteiger partial charge in [-0.15, -0.1) is 0 Å². The van der Waals surface area contributed by atoms with Gasteiger partial charge in [0.1, 0.15) is 0 Å². The Morgan fingerprint density at radius 2 is 2.00 bits per heavy atom. The summed E-state index contributed by atoms with van der Waals surface area (Å²) in [5.41, 5.74) is 3.02. The molecule has 90 valence electrons. The van der Waals surface area contributed by atoms with Gasteiger partial charge < -0.3 is 10.2 Å². The number of aromatic amines is 1. The summed E-state index contributed by atoms with van der Waals surface area (Å²) in [7, 11) is 0. The number of hydrogen-bond donors (Lipinski definition) is 2. The Morgan fingerprint density at radius 1 is 1.38 bits per heavy atom. The van der Waals surface area contributed by atoms with Crippen LogP contribution in [-0.2, 0) is 6.54 Å². The fourth-order valence-electron chi connectivity index (χ4n) is 1.62. The second kappa shape index (κ2) is 5.53. The van der Waals surface area contributed by atoms with Gasteiger partial charge in [0.2, 0.25) is 0 Å². The quantitative estimate of drug-likeness (QED) is 0.815. The standard InChI is InChI=1S/C11H20N4O/c1-5-15(6-2)11(16)12-7-10-8(3)13-14-9(10)4/h5-7H2,1-4H3,(H,12,16)(H,13,14). The second-order valence-corrected chi connectivity index (χ2v) is 3.74. The summed E-state index contributed by atoms with van der Waals surface area (Å²) in [6.45, 7) is 9.82.